The standard InChI is InChI=1S/C31H36BrN3O6S/c1-3-16-33-31(37)27(19-23-9-5-4-6-10-23)34(21-24-11-7-12-25(32)18-24)30(36)13-8-17-35(42(2,38)39)26-14-15-28-29(20-26)41-22-40-28/h4-7,9-12,14-15,18,20,27H,3,8,13,16-17,19,21-22H2,1-2H3,(H,33,37)/t27-/m0/s1. The Balaban J connectivity index is 1.56. The maximum atomic E-state index is 13.9. The minimum Gasteiger partial charge on any atom is -0.454 e. The zero-order valence-electron chi connectivity index (χ0n) is 23.8. The quantitative estimate of drug-likeness (QED) is 0.265. The van der Waals surface area contributed by atoms with E-state index in [0.29, 0.717) is 30.2 Å². The molecule has 0 radical (unpaired) electrons. The van der Waals surface area contributed by atoms with Crippen LogP contribution in [0.1, 0.15) is 37.3 Å². The molecule has 0 aliphatic carbocycles. The highest BCUT2D eigenvalue weighted by molar-refractivity contribution is 9.10. The Morgan fingerprint density at radius 2 is 1.71 bits per heavy atom. The second-order valence-electron chi connectivity index (χ2n) is 10.1. The molecule has 9 nitrogen and oxygen atoms in total. The number of amides is 2. The molecule has 3 aromatic rings. The summed E-state index contributed by atoms with van der Waals surface area (Å²) in [7, 11) is -3.64. The molecule has 42 heavy (non-hydrogen) atoms. The first kappa shape index (κ1) is 31.4. The zero-order chi connectivity index (χ0) is 30.1. The van der Waals surface area contributed by atoms with Crippen molar-refractivity contribution < 1.29 is 27.5 Å². The Kier molecular flexibility index (Phi) is 10.9. The molecular formula is C31H36BrN3O6S. The van der Waals surface area contributed by atoms with E-state index in [2.05, 4.69) is 21.2 Å². The Labute approximate surface area is 256 Å². The largest absolute Gasteiger partial charge is 0.454 e. The van der Waals surface area contributed by atoms with Gasteiger partial charge in [-0.1, -0.05) is 65.3 Å². The summed E-state index contributed by atoms with van der Waals surface area (Å²) in [6, 6.07) is 21.5. The maximum absolute atomic E-state index is 13.9. The Bertz CT molecular complexity index is 1480. The molecule has 0 bridgehead atoms. The zero-order valence-corrected chi connectivity index (χ0v) is 26.2. The van der Waals surface area contributed by atoms with Gasteiger partial charge in [0.2, 0.25) is 28.6 Å². The number of hydrogen-bond donors (Lipinski definition) is 1. The van der Waals surface area contributed by atoms with Crippen molar-refractivity contribution in [3.63, 3.8) is 0 Å². The molecule has 1 aliphatic rings. The van der Waals surface area contributed by atoms with Gasteiger partial charge < -0.3 is 19.7 Å². The van der Waals surface area contributed by atoms with Gasteiger partial charge in [-0.15, -0.1) is 0 Å². The van der Waals surface area contributed by atoms with Gasteiger partial charge in [0, 0.05) is 43.0 Å². The fraction of sp³-hybridized carbons (Fsp3) is 0.355. The van der Waals surface area contributed by atoms with E-state index in [-0.39, 0.29) is 44.5 Å². The molecule has 1 atom stereocenters. The summed E-state index contributed by atoms with van der Waals surface area (Å²) < 4.78 is 38.3. The van der Waals surface area contributed by atoms with Crippen molar-refractivity contribution >= 4 is 43.5 Å². The summed E-state index contributed by atoms with van der Waals surface area (Å²) in [5, 5.41) is 2.97. The number of halogens is 1. The van der Waals surface area contributed by atoms with Gasteiger partial charge in [-0.05, 0) is 48.2 Å². The van der Waals surface area contributed by atoms with E-state index in [0.717, 1.165) is 28.3 Å². The van der Waals surface area contributed by atoms with Crippen molar-refractivity contribution in [1.29, 1.82) is 0 Å². The SMILES string of the molecule is CCCNC(=O)[C@H](Cc1ccccc1)N(Cc1cccc(Br)c1)C(=O)CCCN(c1ccc2c(c1)OCO2)S(C)(=O)=O. The van der Waals surface area contributed by atoms with E-state index in [4.69, 9.17) is 9.47 Å². The second kappa shape index (κ2) is 14.6. The number of sulfonamides is 1. The molecule has 0 unspecified atom stereocenters. The van der Waals surface area contributed by atoms with E-state index in [1.54, 1.807) is 23.1 Å². The van der Waals surface area contributed by atoms with Crippen LogP contribution in [0.25, 0.3) is 0 Å². The third-order valence-electron chi connectivity index (χ3n) is 6.86. The highest BCUT2D eigenvalue weighted by atomic mass is 79.9. The molecule has 2 amide bonds. The number of nitrogens with one attached hydrogen (secondary N) is 1. The number of hydrogen-bond acceptors (Lipinski definition) is 6. The van der Waals surface area contributed by atoms with E-state index < -0.39 is 16.1 Å². The highest BCUT2D eigenvalue weighted by Gasteiger charge is 2.30. The number of anilines is 1. The van der Waals surface area contributed by atoms with Crippen molar-refractivity contribution in [2.75, 3.05) is 30.4 Å². The van der Waals surface area contributed by atoms with Crippen LogP contribution in [0.15, 0.2) is 77.3 Å². The summed E-state index contributed by atoms with van der Waals surface area (Å²) in [6.45, 7) is 2.87. The number of benzene rings is 3. The average molecular weight is 659 g/mol. The van der Waals surface area contributed by atoms with Gasteiger partial charge in [0.15, 0.2) is 11.5 Å². The van der Waals surface area contributed by atoms with Crippen molar-refractivity contribution in [3.8, 4) is 11.5 Å². The first-order valence-corrected chi connectivity index (χ1v) is 16.5. The van der Waals surface area contributed by atoms with Crippen LogP contribution in [0.3, 0.4) is 0 Å². The van der Waals surface area contributed by atoms with Crippen molar-refractivity contribution in [2.24, 2.45) is 0 Å². The Morgan fingerprint density at radius 1 is 0.976 bits per heavy atom. The smallest absolute Gasteiger partial charge is 0.243 e. The number of carbonyl (C=O) groups is 2. The van der Waals surface area contributed by atoms with Crippen LogP contribution in [-0.4, -0.2) is 57.3 Å². The van der Waals surface area contributed by atoms with Gasteiger partial charge in [0.25, 0.3) is 0 Å². The number of carbonyl (C=O) groups excluding carboxylic acids is 2. The van der Waals surface area contributed by atoms with Gasteiger partial charge in [-0.3, -0.25) is 13.9 Å². The summed E-state index contributed by atoms with van der Waals surface area (Å²) in [5.41, 5.74) is 2.24. The fourth-order valence-corrected chi connectivity index (χ4v) is 6.20. The van der Waals surface area contributed by atoms with Crippen molar-refractivity contribution in [2.45, 2.75) is 45.2 Å². The number of rotatable bonds is 14. The molecular weight excluding hydrogens is 622 g/mol. The summed E-state index contributed by atoms with van der Waals surface area (Å²) >= 11 is 3.50. The van der Waals surface area contributed by atoms with Gasteiger partial charge in [0.05, 0.1) is 11.9 Å². The lowest BCUT2D eigenvalue weighted by atomic mass is 10.0. The molecule has 0 aromatic heterocycles. The van der Waals surface area contributed by atoms with E-state index in [9.17, 15) is 18.0 Å². The maximum Gasteiger partial charge on any atom is 0.243 e. The van der Waals surface area contributed by atoms with Crippen molar-refractivity contribution in [1.82, 2.24) is 10.2 Å². The van der Waals surface area contributed by atoms with Crippen LogP contribution in [0.2, 0.25) is 0 Å². The van der Waals surface area contributed by atoms with E-state index in [1.165, 1.54) is 4.31 Å². The second-order valence-corrected chi connectivity index (χ2v) is 12.9. The normalized spacial score (nSPS) is 12.9. The van der Waals surface area contributed by atoms with Gasteiger partial charge in [0.1, 0.15) is 6.04 Å². The third-order valence-corrected chi connectivity index (χ3v) is 8.55. The van der Waals surface area contributed by atoms with Crippen LogP contribution in [-0.2, 0) is 32.6 Å². The molecule has 3 aromatic carbocycles. The predicted octanol–water partition coefficient (Wildman–Crippen LogP) is 4.89. The molecule has 4 rings (SSSR count). The molecule has 0 fully saturated rings. The molecule has 0 saturated heterocycles. The highest BCUT2D eigenvalue weighted by Crippen LogP contribution is 2.36. The van der Waals surface area contributed by atoms with Crippen LogP contribution < -0.4 is 19.1 Å². The van der Waals surface area contributed by atoms with Gasteiger partial charge >= 0.3 is 0 Å². The van der Waals surface area contributed by atoms with Gasteiger partial charge in [-0.25, -0.2) is 8.42 Å². The summed E-state index contributed by atoms with van der Waals surface area (Å²) in [5.74, 6) is 0.569. The average Bonchev–Trinajstić information content (AvgIpc) is 3.44. The minimum atomic E-state index is -3.64. The van der Waals surface area contributed by atoms with Crippen LogP contribution in [0.5, 0.6) is 11.5 Å². The lowest BCUT2D eigenvalue weighted by Gasteiger charge is -2.32. The fourth-order valence-electron chi connectivity index (χ4n) is 4.80. The lowest BCUT2D eigenvalue weighted by Crippen LogP contribution is -2.50. The predicted molar refractivity (Wildman–Crippen MR) is 166 cm³/mol. The van der Waals surface area contributed by atoms with Crippen LogP contribution in [0.4, 0.5) is 5.69 Å². The monoisotopic (exact) mass is 657 g/mol. The summed E-state index contributed by atoms with van der Waals surface area (Å²) in [6.07, 6.45) is 2.56. The van der Waals surface area contributed by atoms with Gasteiger partial charge in [-0.2, -0.15) is 0 Å². The molecule has 1 N–H and O–H groups in total. The molecule has 11 heteroatoms. The van der Waals surface area contributed by atoms with E-state index >= 15 is 0 Å². The molecule has 0 saturated carbocycles. The van der Waals surface area contributed by atoms with E-state index in [1.807, 2.05) is 61.5 Å². The number of fused-ring (bicyclic) bond motifs is 1. The first-order chi connectivity index (χ1) is 20.2. The lowest BCUT2D eigenvalue weighted by molar-refractivity contribution is -0.141. The van der Waals surface area contributed by atoms with Crippen LogP contribution in [0, 0.1) is 0 Å². The molecule has 0 spiro atoms. The summed E-state index contributed by atoms with van der Waals surface area (Å²) in [4.78, 5) is 29.0. The number of ether oxygens (including phenoxy) is 2. The van der Waals surface area contributed by atoms with Crippen LogP contribution >= 0.6 is 15.9 Å². The molecule has 224 valence electrons. The molecule has 1 aliphatic heterocycles. The molecule has 1 heterocycles. The number of nitrogens with zero attached hydrogens (tertiary/aromatic N) is 2. The Hall–Kier alpha value is -3.57. The Morgan fingerprint density at radius 3 is 2.43 bits per heavy atom. The van der Waals surface area contributed by atoms with Crippen molar-refractivity contribution in [3.05, 3.63) is 88.4 Å². The minimum absolute atomic E-state index is 0.0525. The third kappa shape index (κ3) is 8.48. The first-order valence-electron chi connectivity index (χ1n) is 13.9. The topological polar surface area (TPSA) is 105 Å².